The summed E-state index contributed by atoms with van der Waals surface area (Å²) in [6, 6.07) is 8.77. The van der Waals surface area contributed by atoms with Gasteiger partial charge in [0.1, 0.15) is 0 Å². The van der Waals surface area contributed by atoms with E-state index in [1.165, 1.54) is 16.7 Å². The van der Waals surface area contributed by atoms with Crippen LogP contribution in [0.2, 0.25) is 0 Å². The van der Waals surface area contributed by atoms with Gasteiger partial charge in [0.2, 0.25) is 0 Å². The summed E-state index contributed by atoms with van der Waals surface area (Å²) in [5, 5.41) is 16.8. The molecule has 0 spiro atoms. The topological polar surface area (TPSA) is 44.3 Å². The number of rotatable bonds is 8. The minimum atomic E-state index is -0.380. The molecule has 0 bridgehead atoms. The van der Waals surface area contributed by atoms with Crippen molar-refractivity contribution in [1.82, 2.24) is 10.6 Å². The van der Waals surface area contributed by atoms with E-state index >= 15 is 0 Å². The van der Waals surface area contributed by atoms with Crippen LogP contribution >= 0.6 is 0 Å². The van der Waals surface area contributed by atoms with E-state index < -0.39 is 0 Å². The molecule has 23 heavy (non-hydrogen) atoms. The van der Waals surface area contributed by atoms with Crippen molar-refractivity contribution in [3.63, 3.8) is 0 Å². The standard InChI is InChI=1S/C20H30N2O/c1-15-4-8-18(9-5-15)12-21-13-20(23)14-22-17(3)19-10-6-16(2)7-11-19/h4,6-11,15,17,20-23H,5,12-14H2,1-3H3/t15?,17-,20?/m0/s1. The molecule has 0 aliphatic heterocycles. The third-order valence-electron chi connectivity index (χ3n) is 4.34. The SMILES string of the molecule is Cc1ccc([C@H](C)NCC(O)CNCC2=CCC(C)C=C2)cc1. The molecule has 0 aromatic heterocycles. The van der Waals surface area contributed by atoms with E-state index in [0.717, 1.165) is 13.0 Å². The highest BCUT2D eigenvalue weighted by atomic mass is 16.3. The normalized spacial score (nSPS) is 20.2. The van der Waals surface area contributed by atoms with Crippen molar-refractivity contribution in [1.29, 1.82) is 0 Å². The van der Waals surface area contributed by atoms with E-state index in [1.807, 2.05) is 0 Å². The predicted octanol–water partition coefficient (Wildman–Crippen LogP) is 3.12. The quantitative estimate of drug-likeness (QED) is 0.691. The van der Waals surface area contributed by atoms with Gasteiger partial charge in [0.15, 0.2) is 0 Å². The second-order valence-corrected chi connectivity index (χ2v) is 6.68. The molecule has 3 N–H and O–H groups in total. The van der Waals surface area contributed by atoms with Crippen molar-refractivity contribution >= 4 is 0 Å². The van der Waals surface area contributed by atoms with Gasteiger partial charge in [0, 0.05) is 25.7 Å². The van der Waals surface area contributed by atoms with Gasteiger partial charge < -0.3 is 15.7 Å². The number of aliphatic hydroxyl groups excluding tert-OH is 1. The maximum Gasteiger partial charge on any atom is 0.0789 e. The molecule has 1 aromatic carbocycles. The van der Waals surface area contributed by atoms with E-state index in [-0.39, 0.29) is 12.1 Å². The van der Waals surface area contributed by atoms with Crippen LogP contribution in [-0.4, -0.2) is 30.8 Å². The fraction of sp³-hybridized carbons (Fsp3) is 0.500. The van der Waals surface area contributed by atoms with Crippen LogP contribution in [0.3, 0.4) is 0 Å². The van der Waals surface area contributed by atoms with Gasteiger partial charge in [-0.2, -0.15) is 0 Å². The van der Waals surface area contributed by atoms with Gasteiger partial charge >= 0.3 is 0 Å². The van der Waals surface area contributed by atoms with E-state index in [9.17, 15) is 5.11 Å². The lowest BCUT2D eigenvalue weighted by Gasteiger charge is -2.19. The predicted molar refractivity (Wildman–Crippen MR) is 97.5 cm³/mol. The lowest BCUT2D eigenvalue weighted by atomic mass is 9.98. The summed E-state index contributed by atoms with van der Waals surface area (Å²) < 4.78 is 0. The molecule has 3 nitrogen and oxygen atoms in total. The Morgan fingerprint density at radius 1 is 1.22 bits per heavy atom. The molecule has 2 rings (SSSR count). The number of aryl methyl sites for hydroxylation is 1. The van der Waals surface area contributed by atoms with Crippen molar-refractivity contribution in [2.75, 3.05) is 19.6 Å². The molecule has 0 heterocycles. The first-order chi connectivity index (χ1) is 11.0. The monoisotopic (exact) mass is 314 g/mol. The van der Waals surface area contributed by atoms with Crippen molar-refractivity contribution in [2.45, 2.75) is 39.3 Å². The number of aliphatic hydroxyl groups is 1. The van der Waals surface area contributed by atoms with Crippen LogP contribution in [0.4, 0.5) is 0 Å². The summed E-state index contributed by atoms with van der Waals surface area (Å²) in [7, 11) is 0. The molecule has 2 unspecified atom stereocenters. The van der Waals surface area contributed by atoms with Gasteiger partial charge in [0.25, 0.3) is 0 Å². The molecule has 1 aromatic rings. The first kappa shape index (κ1) is 17.9. The molecule has 3 heteroatoms. The lowest BCUT2D eigenvalue weighted by Crippen LogP contribution is -2.37. The van der Waals surface area contributed by atoms with Crippen LogP contribution in [0, 0.1) is 12.8 Å². The highest BCUT2D eigenvalue weighted by molar-refractivity contribution is 5.25. The van der Waals surface area contributed by atoms with Crippen LogP contribution in [0.15, 0.2) is 48.1 Å². The zero-order valence-electron chi connectivity index (χ0n) is 14.5. The number of allylic oxidation sites excluding steroid dienone is 2. The molecule has 0 saturated carbocycles. The first-order valence-electron chi connectivity index (χ1n) is 8.60. The summed E-state index contributed by atoms with van der Waals surface area (Å²) in [6.07, 6.45) is 7.45. The Balaban J connectivity index is 1.64. The van der Waals surface area contributed by atoms with Crippen molar-refractivity contribution in [2.24, 2.45) is 5.92 Å². The third kappa shape index (κ3) is 6.30. The van der Waals surface area contributed by atoms with Gasteiger partial charge in [0.05, 0.1) is 6.10 Å². The number of hydrogen-bond donors (Lipinski definition) is 3. The van der Waals surface area contributed by atoms with E-state index in [0.29, 0.717) is 19.0 Å². The van der Waals surface area contributed by atoms with Gasteiger partial charge in [-0.15, -0.1) is 0 Å². The van der Waals surface area contributed by atoms with Gasteiger partial charge in [-0.1, -0.05) is 55.0 Å². The molecule has 0 fully saturated rings. The number of hydrogen-bond acceptors (Lipinski definition) is 3. The summed E-state index contributed by atoms with van der Waals surface area (Å²) in [6.45, 7) is 8.47. The maximum absolute atomic E-state index is 10.1. The molecule has 1 aliphatic rings. The average Bonchev–Trinajstić information content (AvgIpc) is 2.55. The van der Waals surface area contributed by atoms with Crippen LogP contribution < -0.4 is 10.6 Å². The highest BCUT2D eigenvalue weighted by Gasteiger charge is 2.09. The largest absolute Gasteiger partial charge is 0.390 e. The van der Waals surface area contributed by atoms with Crippen LogP contribution in [-0.2, 0) is 0 Å². The zero-order chi connectivity index (χ0) is 16.7. The fourth-order valence-corrected chi connectivity index (χ4v) is 2.64. The summed E-state index contributed by atoms with van der Waals surface area (Å²) in [5.74, 6) is 0.650. The van der Waals surface area contributed by atoms with Crippen molar-refractivity contribution < 1.29 is 5.11 Å². The number of benzene rings is 1. The minimum absolute atomic E-state index is 0.246. The zero-order valence-corrected chi connectivity index (χ0v) is 14.5. The molecule has 0 saturated heterocycles. The fourth-order valence-electron chi connectivity index (χ4n) is 2.64. The Kier molecular flexibility index (Phi) is 7.03. The molecule has 0 radical (unpaired) electrons. The maximum atomic E-state index is 10.1. The Bertz CT molecular complexity index is 533. The van der Waals surface area contributed by atoms with Gasteiger partial charge in [-0.05, 0) is 37.3 Å². The molecule has 1 aliphatic carbocycles. The van der Waals surface area contributed by atoms with Crippen molar-refractivity contribution in [3.8, 4) is 0 Å². The van der Waals surface area contributed by atoms with Gasteiger partial charge in [-0.25, -0.2) is 0 Å². The summed E-state index contributed by atoms with van der Waals surface area (Å²) in [4.78, 5) is 0. The lowest BCUT2D eigenvalue weighted by molar-refractivity contribution is 0.166. The highest BCUT2D eigenvalue weighted by Crippen LogP contribution is 2.15. The minimum Gasteiger partial charge on any atom is -0.390 e. The van der Waals surface area contributed by atoms with E-state index in [4.69, 9.17) is 0 Å². The molecule has 0 amide bonds. The summed E-state index contributed by atoms with van der Waals surface area (Å²) >= 11 is 0. The molecule has 126 valence electrons. The van der Waals surface area contributed by atoms with E-state index in [2.05, 4.69) is 73.9 Å². The second kappa shape index (κ2) is 9.02. The Morgan fingerprint density at radius 3 is 2.61 bits per heavy atom. The molecule has 3 atom stereocenters. The van der Waals surface area contributed by atoms with Crippen LogP contribution in [0.1, 0.15) is 37.4 Å². The van der Waals surface area contributed by atoms with Crippen LogP contribution in [0.5, 0.6) is 0 Å². The first-order valence-corrected chi connectivity index (χ1v) is 8.60. The number of nitrogens with one attached hydrogen (secondary N) is 2. The second-order valence-electron chi connectivity index (χ2n) is 6.68. The Labute approximate surface area is 140 Å². The summed E-state index contributed by atoms with van der Waals surface area (Å²) in [5.41, 5.74) is 3.84. The Hall–Kier alpha value is -1.42. The van der Waals surface area contributed by atoms with E-state index in [1.54, 1.807) is 0 Å². The smallest absolute Gasteiger partial charge is 0.0789 e. The van der Waals surface area contributed by atoms with Gasteiger partial charge in [-0.3, -0.25) is 0 Å². The average molecular weight is 314 g/mol. The molecular weight excluding hydrogens is 284 g/mol. The Morgan fingerprint density at radius 2 is 1.96 bits per heavy atom. The van der Waals surface area contributed by atoms with Crippen molar-refractivity contribution in [3.05, 3.63) is 59.2 Å². The third-order valence-corrected chi connectivity index (χ3v) is 4.34. The van der Waals surface area contributed by atoms with Crippen LogP contribution in [0.25, 0.3) is 0 Å². The molecular formula is C20H30N2O.